The molecule has 0 aromatic carbocycles. The molecule has 94 valence electrons. The Hall–Kier alpha value is -0.650. The molecule has 0 N–H and O–H groups in total. The van der Waals surface area contributed by atoms with Crippen molar-refractivity contribution < 1.29 is 9.47 Å². The van der Waals surface area contributed by atoms with Gasteiger partial charge in [0.05, 0.1) is 19.8 Å². The summed E-state index contributed by atoms with van der Waals surface area (Å²) >= 11 is 3.32. The van der Waals surface area contributed by atoms with Crippen molar-refractivity contribution >= 4 is 15.9 Å². The lowest BCUT2D eigenvalue weighted by Gasteiger charge is -2.26. The van der Waals surface area contributed by atoms with Gasteiger partial charge in [0.25, 0.3) is 0 Å². The van der Waals surface area contributed by atoms with E-state index < -0.39 is 0 Å². The van der Waals surface area contributed by atoms with Crippen molar-refractivity contribution in [2.75, 3.05) is 39.5 Å². The third-order valence-corrected chi connectivity index (χ3v) is 3.10. The van der Waals surface area contributed by atoms with Gasteiger partial charge in [-0.25, -0.2) is 4.98 Å². The van der Waals surface area contributed by atoms with E-state index >= 15 is 0 Å². The minimum Gasteiger partial charge on any atom is -0.478 e. The average molecular weight is 301 g/mol. The topological polar surface area (TPSA) is 34.6 Å². The molecule has 0 bridgehead atoms. The number of rotatable bonds is 5. The molecule has 0 spiro atoms. The van der Waals surface area contributed by atoms with Gasteiger partial charge < -0.3 is 9.47 Å². The van der Waals surface area contributed by atoms with Crippen LogP contribution in [0.3, 0.4) is 0 Å². The van der Waals surface area contributed by atoms with Gasteiger partial charge in [0.2, 0.25) is 5.88 Å². The Bertz CT molecular complexity index is 343. The van der Waals surface area contributed by atoms with E-state index in [0.717, 1.165) is 43.9 Å². The Labute approximate surface area is 110 Å². The van der Waals surface area contributed by atoms with Crippen molar-refractivity contribution in [2.45, 2.75) is 6.42 Å². The normalized spacial score (nSPS) is 17.0. The van der Waals surface area contributed by atoms with Gasteiger partial charge in [-0.05, 0) is 28.4 Å². The number of ether oxygens (including phenoxy) is 2. The predicted molar refractivity (Wildman–Crippen MR) is 69.3 cm³/mol. The highest BCUT2D eigenvalue weighted by atomic mass is 79.9. The first-order valence-corrected chi connectivity index (χ1v) is 6.69. The Morgan fingerprint density at radius 1 is 1.35 bits per heavy atom. The van der Waals surface area contributed by atoms with Crippen molar-refractivity contribution in [2.24, 2.45) is 0 Å². The molecular weight excluding hydrogens is 284 g/mol. The van der Waals surface area contributed by atoms with Crippen molar-refractivity contribution in [1.29, 1.82) is 0 Å². The summed E-state index contributed by atoms with van der Waals surface area (Å²) in [5.74, 6) is 0.682. The van der Waals surface area contributed by atoms with Gasteiger partial charge in [-0.3, -0.25) is 4.90 Å². The molecule has 0 aliphatic carbocycles. The summed E-state index contributed by atoms with van der Waals surface area (Å²) in [7, 11) is 0. The fourth-order valence-electron chi connectivity index (χ4n) is 1.76. The van der Waals surface area contributed by atoms with Crippen LogP contribution in [0.25, 0.3) is 0 Å². The minimum atomic E-state index is 0.682. The van der Waals surface area contributed by atoms with Crippen molar-refractivity contribution in [1.82, 2.24) is 9.88 Å². The molecule has 1 fully saturated rings. The first-order chi connectivity index (χ1) is 8.34. The van der Waals surface area contributed by atoms with Gasteiger partial charge in [0, 0.05) is 25.7 Å². The molecule has 2 rings (SSSR count). The predicted octanol–water partition coefficient (Wildman–Crippen LogP) is 1.95. The molecule has 4 nitrogen and oxygen atoms in total. The molecule has 1 aromatic rings. The van der Waals surface area contributed by atoms with Crippen LogP contribution in [-0.4, -0.2) is 49.3 Å². The minimum absolute atomic E-state index is 0.682. The van der Waals surface area contributed by atoms with Crippen molar-refractivity contribution in [3.05, 3.63) is 22.8 Å². The lowest BCUT2D eigenvalue weighted by atomic mass is 10.3. The molecule has 0 unspecified atom stereocenters. The van der Waals surface area contributed by atoms with Gasteiger partial charge in [-0.15, -0.1) is 0 Å². The molecule has 2 heterocycles. The van der Waals surface area contributed by atoms with Crippen LogP contribution in [0.2, 0.25) is 0 Å². The average Bonchev–Trinajstić information content (AvgIpc) is 2.36. The van der Waals surface area contributed by atoms with Crippen LogP contribution in [0.15, 0.2) is 22.8 Å². The highest BCUT2D eigenvalue weighted by Crippen LogP contribution is 2.12. The molecule has 1 aromatic heterocycles. The number of morpholine rings is 1. The summed E-state index contributed by atoms with van der Waals surface area (Å²) in [6, 6.07) is 5.69. The second-order valence-electron chi connectivity index (χ2n) is 3.95. The van der Waals surface area contributed by atoms with E-state index in [2.05, 4.69) is 25.8 Å². The zero-order chi connectivity index (χ0) is 11.9. The van der Waals surface area contributed by atoms with Gasteiger partial charge in [0.1, 0.15) is 4.60 Å². The fraction of sp³-hybridized carbons (Fsp3) is 0.583. The summed E-state index contributed by atoms with van der Waals surface area (Å²) in [5, 5.41) is 0. The third kappa shape index (κ3) is 4.61. The van der Waals surface area contributed by atoms with E-state index in [1.54, 1.807) is 0 Å². The lowest BCUT2D eigenvalue weighted by molar-refractivity contribution is 0.0357. The number of nitrogens with zero attached hydrogens (tertiary/aromatic N) is 2. The number of pyridine rings is 1. The van der Waals surface area contributed by atoms with Crippen molar-refractivity contribution in [3.63, 3.8) is 0 Å². The zero-order valence-electron chi connectivity index (χ0n) is 9.77. The lowest BCUT2D eigenvalue weighted by Crippen LogP contribution is -2.37. The largest absolute Gasteiger partial charge is 0.478 e. The van der Waals surface area contributed by atoms with Crippen LogP contribution in [-0.2, 0) is 4.74 Å². The molecule has 0 atom stereocenters. The van der Waals surface area contributed by atoms with Crippen LogP contribution in [0.1, 0.15) is 6.42 Å². The van der Waals surface area contributed by atoms with E-state index in [1.807, 2.05) is 18.2 Å². The Kier molecular flexibility index (Phi) is 5.22. The summed E-state index contributed by atoms with van der Waals surface area (Å²) in [6.45, 7) is 5.56. The second-order valence-corrected chi connectivity index (χ2v) is 4.77. The van der Waals surface area contributed by atoms with E-state index in [0.29, 0.717) is 12.5 Å². The Morgan fingerprint density at radius 2 is 2.18 bits per heavy atom. The standard InChI is InChI=1S/C12H17BrN2O2/c13-11-3-1-4-12(14-11)17-8-2-5-15-6-9-16-10-7-15/h1,3-4H,2,5-10H2. The summed E-state index contributed by atoms with van der Waals surface area (Å²) < 4.78 is 11.7. The fourth-order valence-corrected chi connectivity index (χ4v) is 2.09. The molecule has 1 aliphatic rings. The first kappa shape index (κ1) is 12.8. The highest BCUT2D eigenvalue weighted by Gasteiger charge is 2.09. The Balaban J connectivity index is 1.62. The number of halogens is 1. The maximum absolute atomic E-state index is 5.58. The maximum atomic E-state index is 5.58. The molecule has 1 aliphatic heterocycles. The van der Waals surface area contributed by atoms with E-state index in [9.17, 15) is 0 Å². The molecule has 17 heavy (non-hydrogen) atoms. The maximum Gasteiger partial charge on any atom is 0.214 e. The van der Waals surface area contributed by atoms with Crippen LogP contribution in [0, 0.1) is 0 Å². The zero-order valence-corrected chi connectivity index (χ0v) is 11.4. The molecule has 0 amide bonds. The Morgan fingerprint density at radius 3 is 2.94 bits per heavy atom. The van der Waals surface area contributed by atoms with E-state index in [1.165, 1.54) is 0 Å². The number of aromatic nitrogens is 1. The van der Waals surface area contributed by atoms with Gasteiger partial charge in [-0.1, -0.05) is 6.07 Å². The van der Waals surface area contributed by atoms with Crippen LogP contribution < -0.4 is 4.74 Å². The molecule has 0 radical (unpaired) electrons. The van der Waals surface area contributed by atoms with Gasteiger partial charge in [0.15, 0.2) is 0 Å². The van der Waals surface area contributed by atoms with Gasteiger partial charge >= 0.3 is 0 Å². The smallest absolute Gasteiger partial charge is 0.214 e. The summed E-state index contributed by atoms with van der Waals surface area (Å²) in [6.07, 6.45) is 1.02. The number of hydrogen-bond acceptors (Lipinski definition) is 4. The molecule has 0 saturated carbocycles. The van der Waals surface area contributed by atoms with E-state index in [-0.39, 0.29) is 0 Å². The van der Waals surface area contributed by atoms with Crippen LogP contribution in [0.5, 0.6) is 5.88 Å². The molecule has 1 saturated heterocycles. The van der Waals surface area contributed by atoms with Crippen molar-refractivity contribution in [3.8, 4) is 5.88 Å². The SMILES string of the molecule is Brc1cccc(OCCCN2CCOCC2)n1. The number of hydrogen-bond donors (Lipinski definition) is 0. The van der Waals surface area contributed by atoms with Crippen LogP contribution >= 0.6 is 15.9 Å². The molecular formula is C12H17BrN2O2. The first-order valence-electron chi connectivity index (χ1n) is 5.90. The van der Waals surface area contributed by atoms with Crippen LogP contribution in [0.4, 0.5) is 0 Å². The third-order valence-electron chi connectivity index (χ3n) is 2.66. The monoisotopic (exact) mass is 300 g/mol. The molecule has 5 heteroatoms. The van der Waals surface area contributed by atoms with E-state index in [4.69, 9.17) is 9.47 Å². The van der Waals surface area contributed by atoms with Gasteiger partial charge in [-0.2, -0.15) is 0 Å². The highest BCUT2D eigenvalue weighted by molar-refractivity contribution is 9.10. The quantitative estimate of drug-likeness (QED) is 0.615. The summed E-state index contributed by atoms with van der Waals surface area (Å²) in [4.78, 5) is 6.62. The second kappa shape index (κ2) is 6.93. The summed E-state index contributed by atoms with van der Waals surface area (Å²) in [5.41, 5.74) is 0.